The van der Waals surface area contributed by atoms with Gasteiger partial charge in [-0.05, 0) is 42.9 Å². The van der Waals surface area contributed by atoms with E-state index in [0.29, 0.717) is 29.6 Å². The Morgan fingerprint density at radius 3 is 2.61 bits per heavy atom. The summed E-state index contributed by atoms with van der Waals surface area (Å²) >= 11 is 6.14. The summed E-state index contributed by atoms with van der Waals surface area (Å²) in [4.78, 5) is 28.4. The normalized spacial score (nSPS) is 17.3. The number of likely N-dealkylation sites (tertiary alicyclic amines) is 1. The third kappa shape index (κ3) is 5.42. The van der Waals surface area contributed by atoms with Gasteiger partial charge in [0.1, 0.15) is 17.7 Å². The van der Waals surface area contributed by atoms with Gasteiger partial charge in [-0.15, -0.1) is 5.10 Å². The van der Waals surface area contributed by atoms with Gasteiger partial charge in [-0.1, -0.05) is 54.9 Å². The third-order valence-corrected chi connectivity index (χ3v) is 6.80. The van der Waals surface area contributed by atoms with E-state index in [9.17, 15) is 14.7 Å². The van der Waals surface area contributed by atoms with E-state index in [-0.39, 0.29) is 24.3 Å². The van der Waals surface area contributed by atoms with Crippen LogP contribution in [-0.2, 0) is 9.59 Å². The molecule has 1 aromatic carbocycles. The number of amides is 2. The van der Waals surface area contributed by atoms with Gasteiger partial charge in [-0.2, -0.15) is 5.10 Å². The van der Waals surface area contributed by atoms with E-state index in [0.717, 1.165) is 23.1 Å². The summed E-state index contributed by atoms with van der Waals surface area (Å²) < 4.78 is 5.41. The Bertz CT molecular complexity index is 1210. The SMILES string of the molecule is Cc1cc([C@H](C(=O)N2CCC[C@H]2C(=O)N[C@@H](CO)c2ccc(-c3ccnnc3Cl)cc2)C(C)C)on1. The molecule has 3 atom stereocenters. The first-order valence-electron chi connectivity index (χ1n) is 12.0. The van der Waals surface area contributed by atoms with Crippen molar-refractivity contribution in [2.24, 2.45) is 5.92 Å². The van der Waals surface area contributed by atoms with E-state index in [1.54, 1.807) is 23.2 Å². The van der Waals surface area contributed by atoms with E-state index >= 15 is 0 Å². The summed E-state index contributed by atoms with van der Waals surface area (Å²) in [5.74, 6) is -0.471. The number of aromatic nitrogens is 3. The quantitative estimate of drug-likeness (QED) is 0.473. The lowest BCUT2D eigenvalue weighted by Gasteiger charge is -2.30. The molecule has 3 aromatic rings. The van der Waals surface area contributed by atoms with Crippen LogP contribution in [0.3, 0.4) is 0 Å². The van der Waals surface area contributed by atoms with Crippen LogP contribution in [0.5, 0.6) is 0 Å². The Morgan fingerprint density at radius 1 is 1.25 bits per heavy atom. The first-order valence-corrected chi connectivity index (χ1v) is 12.4. The van der Waals surface area contributed by atoms with Gasteiger partial charge in [0.15, 0.2) is 5.15 Å². The zero-order chi connectivity index (χ0) is 25.8. The molecule has 1 fully saturated rings. The first kappa shape index (κ1) is 25.8. The summed E-state index contributed by atoms with van der Waals surface area (Å²) in [6.07, 6.45) is 2.85. The number of hydrogen-bond donors (Lipinski definition) is 2. The monoisotopic (exact) mass is 511 g/mol. The molecule has 0 saturated carbocycles. The topological polar surface area (TPSA) is 121 Å². The second kappa shape index (κ2) is 11.2. The van der Waals surface area contributed by atoms with Crippen LogP contribution in [0.15, 0.2) is 47.1 Å². The van der Waals surface area contributed by atoms with Crippen LogP contribution in [0.2, 0.25) is 5.15 Å². The van der Waals surface area contributed by atoms with Gasteiger partial charge in [-0.25, -0.2) is 0 Å². The number of hydrogen-bond acceptors (Lipinski definition) is 7. The molecule has 0 spiro atoms. The van der Waals surface area contributed by atoms with Crippen molar-refractivity contribution < 1.29 is 19.2 Å². The van der Waals surface area contributed by atoms with Crippen LogP contribution in [-0.4, -0.2) is 56.4 Å². The molecule has 10 heteroatoms. The first-order chi connectivity index (χ1) is 17.3. The molecule has 1 saturated heterocycles. The largest absolute Gasteiger partial charge is 0.394 e. The molecule has 2 amide bonds. The average molecular weight is 512 g/mol. The standard InChI is InChI=1S/C26H30ClN5O4/c1-15(2)23(22-13-16(3)31-36-22)26(35)32-12-4-5-21(32)25(34)29-20(14-33)18-8-6-17(7-9-18)19-10-11-28-30-24(19)27/h6-11,13,15,20-21,23,33H,4-5,12,14H2,1-3H3,(H,29,34)/t20-,21-,23+/m0/s1. The fraction of sp³-hybridized carbons (Fsp3) is 0.423. The number of benzene rings is 1. The van der Waals surface area contributed by atoms with Gasteiger partial charge in [0.2, 0.25) is 11.8 Å². The predicted octanol–water partition coefficient (Wildman–Crippen LogP) is 3.67. The Balaban J connectivity index is 1.48. The molecule has 190 valence electrons. The summed E-state index contributed by atoms with van der Waals surface area (Å²) in [5, 5.41) is 24.8. The molecule has 1 aliphatic rings. The number of nitrogens with one attached hydrogen (secondary N) is 1. The van der Waals surface area contributed by atoms with Gasteiger partial charge in [-0.3, -0.25) is 9.59 Å². The van der Waals surface area contributed by atoms with Crippen molar-refractivity contribution in [3.05, 3.63) is 64.8 Å². The summed E-state index contributed by atoms with van der Waals surface area (Å²) in [7, 11) is 0. The molecule has 36 heavy (non-hydrogen) atoms. The maximum atomic E-state index is 13.5. The Morgan fingerprint density at radius 2 is 2.00 bits per heavy atom. The van der Waals surface area contributed by atoms with Gasteiger partial charge in [0, 0.05) is 18.2 Å². The number of halogens is 1. The Hall–Kier alpha value is -3.30. The molecule has 0 unspecified atom stereocenters. The molecular weight excluding hydrogens is 482 g/mol. The smallest absolute Gasteiger partial charge is 0.243 e. The zero-order valence-corrected chi connectivity index (χ0v) is 21.3. The van der Waals surface area contributed by atoms with Crippen LogP contribution in [0, 0.1) is 12.8 Å². The van der Waals surface area contributed by atoms with Crippen LogP contribution < -0.4 is 5.32 Å². The molecule has 2 N–H and O–H groups in total. The predicted molar refractivity (Wildman–Crippen MR) is 134 cm³/mol. The summed E-state index contributed by atoms with van der Waals surface area (Å²) in [6, 6.07) is 9.67. The maximum Gasteiger partial charge on any atom is 0.243 e. The lowest BCUT2D eigenvalue weighted by Crippen LogP contribution is -2.49. The van der Waals surface area contributed by atoms with Crippen molar-refractivity contribution in [2.75, 3.05) is 13.2 Å². The van der Waals surface area contributed by atoms with Crippen LogP contribution in [0.1, 0.15) is 55.7 Å². The van der Waals surface area contributed by atoms with E-state index in [4.69, 9.17) is 16.1 Å². The second-order valence-electron chi connectivity index (χ2n) is 9.38. The maximum absolute atomic E-state index is 13.5. The lowest BCUT2D eigenvalue weighted by molar-refractivity contribution is -0.141. The number of rotatable bonds is 8. The molecule has 1 aliphatic heterocycles. The Kier molecular flexibility index (Phi) is 8.01. The summed E-state index contributed by atoms with van der Waals surface area (Å²) in [5.41, 5.74) is 3.03. The number of aryl methyl sites for hydroxylation is 1. The van der Waals surface area contributed by atoms with Crippen molar-refractivity contribution in [2.45, 2.75) is 51.6 Å². The number of aliphatic hydroxyl groups is 1. The van der Waals surface area contributed by atoms with E-state index < -0.39 is 18.0 Å². The minimum atomic E-state index is -0.618. The van der Waals surface area contributed by atoms with Gasteiger partial charge in [0.05, 0.1) is 24.5 Å². The number of carbonyl (C=O) groups excluding carboxylic acids is 2. The minimum Gasteiger partial charge on any atom is -0.394 e. The van der Waals surface area contributed by atoms with Crippen molar-refractivity contribution in [3.8, 4) is 11.1 Å². The van der Waals surface area contributed by atoms with E-state index in [1.165, 1.54) is 0 Å². The zero-order valence-electron chi connectivity index (χ0n) is 20.5. The molecule has 0 bridgehead atoms. The molecule has 0 aliphatic carbocycles. The number of aliphatic hydroxyl groups excluding tert-OH is 1. The third-order valence-electron chi connectivity index (χ3n) is 6.52. The fourth-order valence-corrected chi connectivity index (χ4v) is 4.89. The molecule has 2 aromatic heterocycles. The average Bonchev–Trinajstić information content (AvgIpc) is 3.52. The van der Waals surface area contributed by atoms with Crippen LogP contribution >= 0.6 is 11.6 Å². The molecule has 9 nitrogen and oxygen atoms in total. The van der Waals surface area contributed by atoms with Gasteiger partial charge in [0.25, 0.3) is 0 Å². The molecule has 3 heterocycles. The molecule has 4 rings (SSSR count). The van der Waals surface area contributed by atoms with Crippen molar-refractivity contribution in [1.82, 2.24) is 25.6 Å². The highest BCUT2D eigenvalue weighted by atomic mass is 35.5. The highest BCUT2D eigenvalue weighted by molar-refractivity contribution is 6.32. The van der Waals surface area contributed by atoms with Crippen LogP contribution in [0.25, 0.3) is 11.1 Å². The number of nitrogens with zero attached hydrogens (tertiary/aromatic N) is 4. The Labute approximate surface area is 214 Å². The van der Waals surface area contributed by atoms with Crippen molar-refractivity contribution in [1.29, 1.82) is 0 Å². The minimum absolute atomic E-state index is 0.0260. The van der Waals surface area contributed by atoms with Gasteiger partial charge < -0.3 is 19.8 Å². The van der Waals surface area contributed by atoms with E-state index in [1.807, 2.05) is 45.0 Å². The molecule has 0 radical (unpaired) electrons. The lowest BCUT2D eigenvalue weighted by atomic mass is 9.91. The van der Waals surface area contributed by atoms with Gasteiger partial charge >= 0.3 is 0 Å². The fourth-order valence-electron chi connectivity index (χ4n) is 4.67. The highest BCUT2D eigenvalue weighted by Crippen LogP contribution is 2.31. The second-order valence-corrected chi connectivity index (χ2v) is 9.74. The van der Waals surface area contributed by atoms with Crippen molar-refractivity contribution in [3.63, 3.8) is 0 Å². The van der Waals surface area contributed by atoms with E-state index in [2.05, 4.69) is 20.7 Å². The van der Waals surface area contributed by atoms with Crippen molar-refractivity contribution >= 4 is 23.4 Å². The highest BCUT2D eigenvalue weighted by Gasteiger charge is 2.40. The summed E-state index contributed by atoms with van der Waals surface area (Å²) in [6.45, 7) is 5.92. The van der Waals surface area contributed by atoms with Crippen LogP contribution in [0.4, 0.5) is 0 Å². The number of carbonyl (C=O) groups is 2. The molecular formula is C26H30ClN5O4.